The largest absolute Gasteiger partial charge is 0.372 e. The van der Waals surface area contributed by atoms with E-state index < -0.39 is 0 Å². The Labute approximate surface area is 117 Å². The van der Waals surface area contributed by atoms with E-state index in [-0.39, 0.29) is 0 Å². The maximum atomic E-state index is 4.69. The molecule has 0 aliphatic heterocycles. The number of thiophene rings is 1. The summed E-state index contributed by atoms with van der Waals surface area (Å²) in [6.07, 6.45) is 2.78. The second kappa shape index (κ2) is 5.43. The number of nitrogens with zero attached hydrogens (tertiary/aromatic N) is 3. The van der Waals surface area contributed by atoms with Crippen LogP contribution in [0.1, 0.15) is 25.6 Å². The van der Waals surface area contributed by atoms with Gasteiger partial charge in [0.05, 0.1) is 11.9 Å². The molecule has 0 spiro atoms. The summed E-state index contributed by atoms with van der Waals surface area (Å²) in [5, 5.41) is 6.38. The summed E-state index contributed by atoms with van der Waals surface area (Å²) in [4.78, 5) is 12.9. The first-order valence-corrected chi connectivity index (χ1v) is 7.82. The molecule has 2 aromatic rings. The molecule has 4 nitrogen and oxygen atoms in total. The molecular formula is C14H20N4S. The van der Waals surface area contributed by atoms with Crippen LogP contribution < -0.4 is 5.32 Å². The summed E-state index contributed by atoms with van der Waals surface area (Å²) in [5.41, 5.74) is 0. The van der Waals surface area contributed by atoms with Crippen molar-refractivity contribution in [2.24, 2.45) is 5.92 Å². The van der Waals surface area contributed by atoms with Crippen LogP contribution in [-0.4, -0.2) is 35.0 Å². The van der Waals surface area contributed by atoms with Crippen molar-refractivity contribution >= 4 is 27.4 Å². The molecule has 1 aliphatic rings. The van der Waals surface area contributed by atoms with Crippen LogP contribution in [0.5, 0.6) is 0 Å². The van der Waals surface area contributed by atoms with Crippen LogP contribution >= 0.6 is 11.3 Å². The number of hydrogen-bond donors (Lipinski definition) is 1. The van der Waals surface area contributed by atoms with Crippen molar-refractivity contribution < 1.29 is 0 Å². The molecule has 1 N–H and O–H groups in total. The summed E-state index contributed by atoms with van der Waals surface area (Å²) in [6, 6.07) is 2.08. The van der Waals surface area contributed by atoms with Gasteiger partial charge in [-0.2, -0.15) is 0 Å². The second-order valence-corrected chi connectivity index (χ2v) is 6.04. The lowest BCUT2D eigenvalue weighted by Gasteiger charge is -2.19. The van der Waals surface area contributed by atoms with Gasteiger partial charge in [-0.25, -0.2) is 9.97 Å². The van der Waals surface area contributed by atoms with E-state index in [4.69, 9.17) is 0 Å². The van der Waals surface area contributed by atoms with Crippen LogP contribution in [0, 0.1) is 5.92 Å². The van der Waals surface area contributed by atoms with Crippen molar-refractivity contribution in [2.45, 2.75) is 26.3 Å². The highest BCUT2D eigenvalue weighted by molar-refractivity contribution is 7.16. The monoisotopic (exact) mass is 276 g/mol. The van der Waals surface area contributed by atoms with Crippen LogP contribution in [0.25, 0.3) is 10.2 Å². The van der Waals surface area contributed by atoms with Crippen molar-refractivity contribution in [1.29, 1.82) is 0 Å². The summed E-state index contributed by atoms with van der Waals surface area (Å²) in [5.74, 6) is 2.79. The number of fused-ring (bicyclic) bond motifs is 1. The van der Waals surface area contributed by atoms with E-state index in [1.54, 1.807) is 11.3 Å². The summed E-state index contributed by atoms with van der Waals surface area (Å²) < 4.78 is 0. The fourth-order valence-electron chi connectivity index (χ4n) is 2.33. The van der Waals surface area contributed by atoms with E-state index in [9.17, 15) is 0 Å². The molecule has 2 aromatic heterocycles. The zero-order valence-electron chi connectivity index (χ0n) is 11.5. The summed E-state index contributed by atoms with van der Waals surface area (Å²) in [7, 11) is 1.92. The molecule has 0 unspecified atom stereocenters. The summed E-state index contributed by atoms with van der Waals surface area (Å²) >= 11 is 1.68. The Hall–Kier alpha value is -1.20. The average Bonchev–Trinajstić information content (AvgIpc) is 3.11. The molecular weight excluding hydrogens is 256 g/mol. The van der Waals surface area contributed by atoms with E-state index in [1.165, 1.54) is 19.4 Å². The molecule has 0 bridgehead atoms. The van der Waals surface area contributed by atoms with Gasteiger partial charge in [-0.3, -0.25) is 4.90 Å². The minimum absolute atomic E-state index is 0.857. The van der Waals surface area contributed by atoms with Gasteiger partial charge in [0, 0.05) is 13.6 Å². The smallest absolute Gasteiger partial charge is 0.146 e. The first kappa shape index (κ1) is 12.8. The van der Waals surface area contributed by atoms with Gasteiger partial charge in [-0.1, -0.05) is 6.92 Å². The molecule has 1 fully saturated rings. The first-order chi connectivity index (χ1) is 9.30. The van der Waals surface area contributed by atoms with Gasteiger partial charge in [-0.15, -0.1) is 11.3 Å². The van der Waals surface area contributed by atoms with Gasteiger partial charge in [0.25, 0.3) is 0 Å². The number of rotatable bonds is 6. The van der Waals surface area contributed by atoms with Gasteiger partial charge < -0.3 is 5.32 Å². The van der Waals surface area contributed by atoms with Crippen molar-refractivity contribution in [3.63, 3.8) is 0 Å². The molecule has 0 atom stereocenters. The van der Waals surface area contributed by atoms with Crippen LogP contribution in [0.2, 0.25) is 0 Å². The van der Waals surface area contributed by atoms with E-state index >= 15 is 0 Å². The van der Waals surface area contributed by atoms with Crippen molar-refractivity contribution in [2.75, 3.05) is 25.5 Å². The number of hydrogen-bond acceptors (Lipinski definition) is 5. The lowest BCUT2D eigenvalue weighted by atomic mass is 10.3. The predicted molar refractivity (Wildman–Crippen MR) is 80.6 cm³/mol. The molecule has 0 saturated heterocycles. The van der Waals surface area contributed by atoms with E-state index in [1.807, 2.05) is 7.05 Å². The van der Waals surface area contributed by atoms with Gasteiger partial charge in [-0.05, 0) is 36.8 Å². The quantitative estimate of drug-likeness (QED) is 0.880. The molecule has 2 heterocycles. The minimum atomic E-state index is 0.857. The van der Waals surface area contributed by atoms with Gasteiger partial charge in [0.1, 0.15) is 16.5 Å². The predicted octanol–water partition coefficient (Wildman–Crippen LogP) is 2.96. The zero-order valence-corrected chi connectivity index (χ0v) is 12.3. The van der Waals surface area contributed by atoms with E-state index in [0.717, 1.165) is 40.9 Å². The van der Waals surface area contributed by atoms with Gasteiger partial charge in [0.15, 0.2) is 0 Å². The Morgan fingerprint density at radius 2 is 2.26 bits per heavy atom. The van der Waals surface area contributed by atoms with Crippen LogP contribution in [-0.2, 0) is 6.54 Å². The number of nitrogens with one attached hydrogen (secondary N) is 1. The first-order valence-electron chi connectivity index (χ1n) is 6.94. The molecule has 1 saturated carbocycles. The zero-order chi connectivity index (χ0) is 13.2. The Morgan fingerprint density at radius 3 is 2.95 bits per heavy atom. The molecule has 0 amide bonds. The summed E-state index contributed by atoms with van der Waals surface area (Å²) in [6.45, 7) is 5.33. The SMILES string of the molecule is CCN(Cc1nc(NC)c2ccsc2n1)CC1CC1. The highest BCUT2D eigenvalue weighted by atomic mass is 32.1. The Kier molecular flexibility index (Phi) is 3.66. The number of aromatic nitrogens is 2. The Bertz CT molecular complexity index is 562. The lowest BCUT2D eigenvalue weighted by Crippen LogP contribution is -2.26. The Morgan fingerprint density at radius 1 is 1.42 bits per heavy atom. The number of anilines is 1. The van der Waals surface area contributed by atoms with Crippen molar-refractivity contribution in [3.05, 3.63) is 17.3 Å². The third-order valence-corrected chi connectivity index (χ3v) is 4.44. The molecule has 102 valence electrons. The molecule has 1 aliphatic carbocycles. The molecule has 0 radical (unpaired) electrons. The molecule has 0 aromatic carbocycles. The van der Waals surface area contributed by atoms with E-state index in [0.29, 0.717) is 0 Å². The Balaban J connectivity index is 1.82. The normalized spacial score (nSPS) is 15.3. The van der Waals surface area contributed by atoms with Crippen LogP contribution in [0.15, 0.2) is 11.4 Å². The maximum Gasteiger partial charge on any atom is 0.146 e. The van der Waals surface area contributed by atoms with Crippen LogP contribution in [0.4, 0.5) is 5.82 Å². The van der Waals surface area contributed by atoms with Crippen LogP contribution in [0.3, 0.4) is 0 Å². The highest BCUT2D eigenvalue weighted by Gasteiger charge is 2.24. The lowest BCUT2D eigenvalue weighted by molar-refractivity contribution is 0.262. The maximum absolute atomic E-state index is 4.69. The third kappa shape index (κ3) is 2.87. The third-order valence-electron chi connectivity index (χ3n) is 3.63. The van der Waals surface area contributed by atoms with Crippen molar-refractivity contribution in [3.8, 4) is 0 Å². The highest BCUT2D eigenvalue weighted by Crippen LogP contribution is 2.30. The average molecular weight is 276 g/mol. The molecule has 3 rings (SSSR count). The standard InChI is InChI=1S/C14H20N4S/c1-3-18(8-10-4-5-10)9-12-16-13(15-2)11-6-7-19-14(11)17-12/h6-7,10H,3-5,8-9H2,1-2H3,(H,15,16,17). The fraction of sp³-hybridized carbons (Fsp3) is 0.571. The minimum Gasteiger partial charge on any atom is -0.372 e. The molecule has 5 heteroatoms. The van der Waals surface area contributed by atoms with E-state index in [2.05, 4.69) is 38.6 Å². The molecule has 19 heavy (non-hydrogen) atoms. The fourth-order valence-corrected chi connectivity index (χ4v) is 3.11. The van der Waals surface area contributed by atoms with Gasteiger partial charge >= 0.3 is 0 Å². The second-order valence-electron chi connectivity index (χ2n) is 5.15. The van der Waals surface area contributed by atoms with Crippen molar-refractivity contribution in [1.82, 2.24) is 14.9 Å². The van der Waals surface area contributed by atoms with Gasteiger partial charge in [0.2, 0.25) is 0 Å². The topological polar surface area (TPSA) is 41.1 Å².